The van der Waals surface area contributed by atoms with Crippen molar-refractivity contribution < 1.29 is 0 Å². The van der Waals surface area contributed by atoms with E-state index in [1.807, 2.05) is 0 Å². The molecule has 0 aliphatic heterocycles. The minimum absolute atomic E-state index is 0.0179. The molecule has 0 radical (unpaired) electrons. The van der Waals surface area contributed by atoms with Gasteiger partial charge < -0.3 is 9.47 Å². The van der Waals surface area contributed by atoms with Gasteiger partial charge in [-0.15, -0.1) is 0 Å². The average Bonchev–Trinajstić information content (AvgIpc) is 3.76. The van der Waals surface area contributed by atoms with Crippen LogP contribution < -0.4 is 4.90 Å². The molecule has 12 aromatic carbocycles. The van der Waals surface area contributed by atoms with Crippen molar-refractivity contribution in [1.29, 1.82) is 0 Å². The number of rotatable bonds is 8. The highest BCUT2D eigenvalue weighted by Gasteiger charge is 2.25. The smallest absolute Gasteiger partial charge is 0.0541 e. The van der Waals surface area contributed by atoms with Crippen molar-refractivity contribution in [3.8, 4) is 50.2 Å². The molecule has 0 unspecified atom stereocenters. The van der Waals surface area contributed by atoms with Crippen molar-refractivity contribution in [3.05, 3.63) is 254 Å². The molecule has 0 saturated heterocycles. The van der Waals surface area contributed by atoms with E-state index in [4.69, 9.17) is 0 Å². The first-order valence-corrected chi connectivity index (χ1v) is 26.1. The molecule has 13 aromatic rings. The number of hydrogen-bond donors (Lipinski definition) is 0. The lowest BCUT2D eigenvalue weighted by Crippen LogP contribution is -2.12. The standard InChI is InChI=1S/C72H58N2/c1-71(2,3)54-36-42-67-62(45-54)63-46-55(72(4,5)6)37-43-68(63)74(67)66-41-35-52-32-38-60-65(40-34-51-33-39-61(66)70(52)69(51)60)73(56-23-17-22-53(44-56)49-30-28-48(29-31-49)47-18-9-7-10-19-47)64-27-16-15-26-59(64)58-25-14-13-24-57(58)50-20-11-8-12-21-50/h7-46H,1-6H3. The second-order valence-electron chi connectivity index (χ2n) is 22.1. The maximum Gasteiger partial charge on any atom is 0.0541 e. The van der Waals surface area contributed by atoms with Gasteiger partial charge in [0, 0.05) is 32.8 Å². The second-order valence-corrected chi connectivity index (χ2v) is 22.1. The van der Waals surface area contributed by atoms with Crippen LogP contribution in [0.1, 0.15) is 52.7 Å². The molecule has 0 bridgehead atoms. The van der Waals surface area contributed by atoms with Crippen LogP contribution in [0, 0.1) is 0 Å². The Labute approximate surface area is 434 Å². The van der Waals surface area contributed by atoms with E-state index in [-0.39, 0.29) is 10.8 Å². The lowest BCUT2D eigenvalue weighted by atomic mass is 9.85. The summed E-state index contributed by atoms with van der Waals surface area (Å²) in [6, 6.07) is 90.4. The number of nitrogens with zero attached hydrogens (tertiary/aromatic N) is 2. The van der Waals surface area contributed by atoms with Gasteiger partial charge in [-0.25, -0.2) is 0 Å². The molecule has 0 aliphatic carbocycles. The van der Waals surface area contributed by atoms with Crippen LogP contribution in [0.5, 0.6) is 0 Å². The second kappa shape index (κ2) is 17.5. The molecule has 13 rings (SSSR count). The Morgan fingerprint density at radius 1 is 0.311 bits per heavy atom. The predicted octanol–water partition coefficient (Wildman–Crippen LogP) is 20.4. The Morgan fingerprint density at radius 2 is 0.797 bits per heavy atom. The summed E-state index contributed by atoms with van der Waals surface area (Å²) in [7, 11) is 0. The largest absolute Gasteiger partial charge is 0.309 e. The maximum absolute atomic E-state index is 2.53. The van der Waals surface area contributed by atoms with Crippen molar-refractivity contribution in [3.63, 3.8) is 0 Å². The minimum Gasteiger partial charge on any atom is -0.309 e. The quantitative estimate of drug-likeness (QED) is 0.138. The van der Waals surface area contributed by atoms with Crippen LogP contribution in [0.25, 0.3) is 104 Å². The summed E-state index contributed by atoms with van der Waals surface area (Å²) in [5.41, 5.74) is 19.2. The number of hydrogen-bond acceptors (Lipinski definition) is 1. The highest BCUT2D eigenvalue weighted by atomic mass is 15.1. The molecule has 356 valence electrons. The maximum atomic E-state index is 2.53. The summed E-state index contributed by atoms with van der Waals surface area (Å²) in [6.07, 6.45) is 0. The molecule has 1 aromatic heterocycles. The summed E-state index contributed by atoms with van der Waals surface area (Å²) >= 11 is 0. The number of anilines is 3. The Morgan fingerprint density at radius 3 is 1.43 bits per heavy atom. The van der Waals surface area contributed by atoms with Crippen LogP contribution in [0.2, 0.25) is 0 Å². The molecule has 2 nitrogen and oxygen atoms in total. The molecule has 0 amide bonds. The van der Waals surface area contributed by atoms with E-state index in [0.717, 1.165) is 28.2 Å². The summed E-state index contributed by atoms with van der Waals surface area (Å²) in [6.45, 7) is 13.9. The van der Waals surface area contributed by atoms with Crippen molar-refractivity contribution >= 4 is 71.2 Å². The molecule has 1 heterocycles. The van der Waals surface area contributed by atoms with E-state index in [0.29, 0.717) is 0 Å². The van der Waals surface area contributed by atoms with E-state index < -0.39 is 0 Å². The number of fused-ring (bicyclic) bond motifs is 3. The first kappa shape index (κ1) is 45.2. The SMILES string of the molecule is CC(C)(C)c1ccc2c(c1)c1cc(C(C)(C)C)ccc1n2-c1ccc2ccc3c(N(c4cccc(-c5ccc(-c6ccccc6)cc5)c4)c4ccccc4-c4ccccc4-c4ccccc4)ccc4ccc1c2c43. The Bertz CT molecular complexity index is 4170. The molecule has 0 fully saturated rings. The van der Waals surface area contributed by atoms with E-state index in [9.17, 15) is 0 Å². The fraction of sp³-hybridized carbons (Fsp3) is 0.111. The van der Waals surface area contributed by atoms with Crippen molar-refractivity contribution in [2.45, 2.75) is 52.4 Å². The molecular formula is C72H58N2. The van der Waals surface area contributed by atoms with Crippen LogP contribution >= 0.6 is 0 Å². The van der Waals surface area contributed by atoms with E-state index >= 15 is 0 Å². The zero-order valence-electron chi connectivity index (χ0n) is 43.0. The average molecular weight is 951 g/mol. The van der Waals surface area contributed by atoms with Gasteiger partial charge in [0.1, 0.15) is 0 Å². The fourth-order valence-electron chi connectivity index (χ4n) is 11.6. The van der Waals surface area contributed by atoms with Crippen LogP contribution in [0.3, 0.4) is 0 Å². The number of para-hydroxylation sites is 1. The molecule has 2 heteroatoms. The summed E-state index contributed by atoms with van der Waals surface area (Å²) in [5, 5.41) is 10.0. The molecular weight excluding hydrogens is 893 g/mol. The Balaban J connectivity index is 1.05. The van der Waals surface area contributed by atoms with E-state index in [1.54, 1.807) is 0 Å². The molecule has 0 N–H and O–H groups in total. The Hall–Kier alpha value is -8.72. The third kappa shape index (κ3) is 7.64. The monoisotopic (exact) mass is 950 g/mol. The lowest BCUT2D eigenvalue weighted by molar-refractivity contribution is 0.590. The summed E-state index contributed by atoms with van der Waals surface area (Å²) < 4.78 is 2.53. The van der Waals surface area contributed by atoms with Crippen LogP contribution in [-0.2, 0) is 10.8 Å². The third-order valence-corrected chi connectivity index (χ3v) is 15.5. The van der Waals surface area contributed by atoms with E-state index in [1.165, 1.54) is 104 Å². The number of aromatic nitrogens is 1. The highest BCUT2D eigenvalue weighted by Crippen LogP contribution is 2.49. The first-order valence-electron chi connectivity index (χ1n) is 26.1. The van der Waals surface area contributed by atoms with Crippen LogP contribution in [0.4, 0.5) is 17.1 Å². The topological polar surface area (TPSA) is 8.17 Å². The first-order chi connectivity index (χ1) is 36.0. The lowest BCUT2D eigenvalue weighted by Gasteiger charge is -2.30. The van der Waals surface area contributed by atoms with Crippen molar-refractivity contribution in [1.82, 2.24) is 4.57 Å². The zero-order valence-corrected chi connectivity index (χ0v) is 43.0. The van der Waals surface area contributed by atoms with Gasteiger partial charge in [-0.1, -0.05) is 230 Å². The summed E-state index contributed by atoms with van der Waals surface area (Å²) in [4.78, 5) is 2.51. The van der Waals surface area contributed by atoms with Gasteiger partial charge in [0.2, 0.25) is 0 Å². The van der Waals surface area contributed by atoms with Gasteiger partial charge in [0.05, 0.1) is 28.1 Å². The third-order valence-electron chi connectivity index (χ3n) is 15.5. The number of benzene rings is 12. The normalized spacial score (nSPS) is 12.2. The fourth-order valence-corrected chi connectivity index (χ4v) is 11.6. The van der Waals surface area contributed by atoms with Crippen LogP contribution in [-0.4, -0.2) is 4.57 Å². The van der Waals surface area contributed by atoms with Gasteiger partial charge in [-0.2, -0.15) is 0 Å². The van der Waals surface area contributed by atoms with Crippen molar-refractivity contribution in [2.24, 2.45) is 0 Å². The zero-order chi connectivity index (χ0) is 50.3. The van der Waals surface area contributed by atoms with Crippen LogP contribution in [0.15, 0.2) is 243 Å². The molecule has 0 saturated carbocycles. The van der Waals surface area contributed by atoms with Gasteiger partial charge >= 0.3 is 0 Å². The molecule has 0 spiro atoms. The minimum atomic E-state index is 0.0179. The van der Waals surface area contributed by atoms with E-state index in [2.05, 4.69) is 294 Å². The molecule has 0 aliphatic rings. The van der Waals surface area contributed by atoms with Crippen molar-refractivity contribution in [2.75, 3.05) is 4.90 Å². The Kier molecular flexibility index (Phi) is 10.7. The van der Waals surface area contributed by atoms with Gasteiger partial charge in [0.25, 0.3) is 0 Å². The van der Waals surface area contributed by atoms with Gasteiger partial charge in [-0.3, -0.25) is 0 Å². The summed E-state index contributed by atoms with van der Waals surface area (Å²) in [5.74, 6) is 0. The predicted molar refractivity (Wildman–Crippen MR) is 318 cm³/mol. The molecule has 0 atom stereocenters. The van der Waals surface area contributed by atoms with Gasteiger partial charge in [0.15, 0.2) is 0 Å². The highest BCUT2D eigenvalue weighted by molar-refractivity contribution is 6.27. The molecule has 74 heavy (non-hydrogen) atoms. The van der Waals surface area contributed by atoms with Gasteiger partial charge in [-0.05, 0) is 137 Å².